The molecule has 6 nitrogen and oxygen atoms in total. The van der Waals surface area contributed by atoms with Gasteiger partial charge in [-0.25, -0.2) is 9.59 Å². The van der Waals surface area contributed by atoms with Crippen LogP contribution >= 0.6 is 0 Å². The summed E-state index contributed by atoms with van der Waals surface area (Å²) in [7, 11) is 0. The summed E-state index contributed by atoms with van der Waals surface area (Å²) in [5.41, 5.74) is -1.01. The van der Waals surface area contributed by atoms with Crippen LogP contribution in [0.2, 0.25) is 0 Å². The van der Waals surface area contributed by atoms with E-state index in [0.717, 1.165) is 131 Å². The summed E-state index contributed by atoms with van der Waals surface area (Å²) in [6, 6.07) is 47.1. The third-order valence-corrected chi connectivity index (χ3v) is 14.6. The minimum Gasteiger partial charge on any atom is -0.478 e. The largest absolute Gasteiger partial charge is 0.478 e. The van der Waals surface area contributed by atoms with Crippen LogP contribution in [0.1, 0.15) is 52.6 Å². The van der Waals surface area contributed by atoms with Gasteiger partial charge in [-0.15, -0.1) is 0 Å². The van der Waals surface area contributed by atoms with E-state index in [1.165, 1.54) is 0 Å². The first-order valence-corrected chi connectivity index (χ1v) is 21.2. The van der Waals surface area contributed by atoms with Crippen molar-refractivity contribution in [2.75, 3.05) is 0 Å². The topological polar surface area (TPSA) is 109 Å². The van der Waals surface area contributed by atoms with Crippen molar-refractivity contribution in [2.45, 2.75) is 0 Å². The standard InChI is InChI=1S/C58H26O6/c59-55(37-21-33-15-13-29-7-3-25-1-5-27-9-11-31-17-19-35(37)53-49(31)45(27)43(25)47(29)51(33)53)39-23-42(58(63)64)40(24-41(39)57(61)62)56(60)38-22-34-16-14-30-8-4-26-2-6-28-10-12-32-18-20-36(38)54-50(32)46(28)44(26)48(30)52(34)54/h1-24H,(H,61,62)(H,63,64). The number of ketones is 2. The highest BCUT2D eigenvalue weighted by Gasteiger charge is 2.31. The van der Waals surface area contributed by atoms with E-state index < -0.39 is 34.6 Å². The lowest BCUT2D eigenvalue weighted by Gasteiger charge is -2.22. The van der Waals surface area contributed by atoms with E-state index in [0.29, 0.717) is 10.8 Å². The van der Waals surface area contributed by atoms with Crippen molar-refractivity contribution < 1.29 is 29.4 Å². The lowest BCUT2D eigenvalue weighted by molar-refractivity contribution is 0.0677. The van der Waals surface area contributed by atoms with E-state index in [2.05, 4.69) is 72.8 Å². The third kappa shape index (κ3) is 3.89. The maximum Gasteiger partial charge on any atom is 0.336 e. The molecule has 15 aromatic carbocycles. The highest BCUT2D eigenvalue weighted by atomic mass is 16.4. The number of aromatic carboxylic acids is 2. The first-order chi connectivity index (χ1) is 31.2. The molecular weight excluding hydrogens is 793 g/mol. The molecule has 0 radical (unpaired) electrons. The molecule has 0 aliphatic carbocycles. The van der Waals surface area contributed by atoms with E-state index in [1.54, 1.807) is 12.1 Å². The predicted molar refractivity (Wildman–Crippen MR) is 257 cm³/mol. The molecular formula is C58H26O6. The second-order valence-corrected chi connectivity index (χ2v) is 17.5. The summed E-state index contributed by atoms with van der Waals surface area (Å²) in [4.78, 5) is 57.0. The molecule has 0 unspecified atom stereocenters. The summed E-state index contributed by atoms with van der Waals surface area (Å²) in [6.07, 6.45) is 0. The lowest BCUT2D eigenvalue weighted by atomic mass is 9.80. The molecule has 0 aromatic heterocycles. The van der Waals surface area contributed by atoms with E-state index in [4.69, 9.17) is 0 Å². The van der Waals surface area contributed by atoms with Gasteiger partial charge in [0.1, 0.15) is 0 Å². The van der Waals surface area contributed by atoms with Crippen LogP contribution in [0.4, 0.5) is 0 Å². The predicted octanol–water partition coefficient (Wildman–Crippen LogP) is 14.0. The van der Waals surface area contributed by atoms with Gasteiger partial charge < -0.3 is 10.2 Å². The molecule has 0 atom stereocenters. The molecule has 0 saturated heterocycles. The van der Waals surface area contributed by atoms with Crippen molar-refractivity contribution in [2.24, 2.45) is 0 Å². The van der Waals surface area contributed by atoms with Crippen LogP contribution in [0.5, 0.6) is 0 Å². The Balaban J connectivity index is 0.974. The lowest BCUT2D eigenvalue weighted by Crippen LogP contribution is -2.17. The minimum atomic E-state index is -1.45. The Morgan fingerprint density at radius 2 is 0.453 bits per heavy atom. The molecule has 0 saturated carbocycles. The van der Waals surface area contributed by atoms with Gasteiger partial charge in [0.2, 0.25) is 0 Å². The fraction of sp³-hybridized carbons (Fsp3) is 0. The van der Waals surface area contributed by atoms with E-state index in [1.807, 2.05) is 48.5 Å². The van der Waals surface area contributed by atoms with Gasteiger partial charge in [-0.05, 0) is 154 Å². The zero-order valence-electron chi connectivity index (χ0n) is 33.4. The van der Waals surface area contributed by atoms with Crippen molar-refractivity contribution in [1.29, 1.82) is 0 Å². The number of carbonyl (C=O) groups is 4. The summed E-state index contributed by atoms with van der Waals surface area (Å²) in [6.45, 7) is 0. The second-order valence-electron chi connectivity index (χ2n) is 17.5. The first-order valence-electron chi connectivity index (χ1n) is 21.2. The van der Waals surface area contributed by atoms with Crippen molar-refractivity contribution in [3.8, 4) is 0 Å². The smallest absolute Gasteiger partial charge is 0.336 e. The molecule has 0 fully saturated rings. The monoisotopic (exact) mass is 818 g/mol. The Morgan fingerprint density at radius 3 is 0.719 bits per heavy atom. The third-order valence-electron chi connectivity index (χ3n) is 14.6. The molecule has 0 aliphatic rings. The van der Waals surface area contributed by atoms with Crippen LogP contribution in [0.15, 0.2) is 146 Å². The van der Waals surface area contributed by atoms with E-state index in [9.17, 15) is 19.8 Å². The van der Waals surface area contributed by atoms with Gasteiger partial charge in [0, 0.05) is 22.3 Å². The van der Waals surface area contributed by atoms with Crippen molar-refractivity contribution in [3.05, 3.63) is 179 Å². The number of carboxylic acids is 2. The van der Waals surface area contributed by atoms with Gasteiger partial charge in [0.05, 0.1) is 11.1 Å². The van der Waals surface area contributed by atoms with Gasteiger partial charge in [0.15, 0.2) is 11.6 Å². The Morgan fingerprint density at radius 1 is 0.234 bits per heavy atom. The minimum absolute atomic E-state index is 0.250. The Labute approximate surface area is 359 Å². The number of benzene rings is 15. The number of hydrogen-bond acceptors (Lipinski definition) is 4. The number of carbonyl (C=O) groups excluding carboxylic acids is 2. The maximum absolute atomic E-state index is 15.2. The molecule has 15 rings (SSSR count). The summed E-state index contributed by atoms with van der Waals surface area (Å²) >= 11 is 0. The maximum atomic E-state index is 15.2. The van der Waals surface area contributed by atoms with Crippen LogP contribution < -0.4 is 0 Å². The SMILES string of the molecule is O=C(O)c1cc(C(=O)c2cc3ccc4ccc5ccc6ccc7ccc2c2c7c6c5c4c32)c(C(=O)O)cc1C(=O)c1cc2ccc3ccc4ccc5ccc6ccc1c1c6c5c4c3c21. The van der Waals surface area contributed by atoms with Gasteiger partial charge in [0.25, 0.3) is 0 Å². The van der Waals surface area contributed by atoms with Crippen LogP contribution in [-0.2, 0) is 0 Å². The second kappa shape index (κ2) is 11.2. The first kappa shape index (κ1) is 33.9. The van der Waals surface area contributed by atoms with E-state index >= 15 is 9.59 Å². The molecule has 15 aromatic rings. The van der Waals surface area contributed by atoms with Crippen molar-refractivity contribution in [1.82, 2.24) is 0 Å². The summed E-state index contributed by atoms with van der Waals surface area (Å²) < 4.78 is 0. The van der Waals surface area contributed by atoms with Crippen LogP contribution in [0, 0.1) is 0 Å². The molecule has 2 N–H and O–H groups in total. The van der Waals surface area contributed by atoms with Gasteiger partial charge >= 0.3 is 11.9 Å². The summed E-state index contributed by atoms with van der Waals surface area (Å²) in [5.74, 6) is -4.19. The fourth-order valence-corrected chi connectivity index (χ4v) is 12.0. The molecule has 0 aliphatic heterocycles. The zero-order valence-corrected chi connectivity index (χ0v) is 33.4. The highest BCUT2D eigenvalue weighted by Crippen LogP contribution is 2.51. The normalized spacial score (nSPS) is 12.8. The van der Waals surface area contributed by atoms with Crippen LogP contribution in [0.3, 0.4) is 0 Å². The Bertz CT molecular complexity index is 4220. The van der Waals surface area contributed by atoms with Crippen LogP contribution in [-0.4, -0.2) is 33.7 Å². The van der Waals surface area contributed by atoms with Crippen molar-refractivity contribution >= 4 is 153 Å². The molecule has 0 spiro atoms. The average molecular weight is 819 g/mol. The summed E-state index contributed by atoms with van der Waals surface area (Å²) in [5, 5.41) is 45.8. The van der Waals surface area contributed by atoms with Crippen LogP contribution in [0.25, 0.3) is 129 Å². The van der Waals surface area contributed by atoms with E-state index in [-0.39, 0.29) is 22.3 Å². The molecule has 294 valence electrons. The zero-order chi connectivity index (χ0) is 42.6. The highest BCUT2D eigenvalue weighted by molar-refractivity contribution is 6.48. The van der Waals surface area contributed by atoms with Crippen molar-refractivity contribution in [3.63, 3.8) is 0 Å². The molecule has 0 bridgehead atoms. The number of carboxylic acid groups (broad SMARTS) is 2. The van der Waals surface area contributed by atoms with Gasteiger partial charge in [-0.2, -0.15) is 0 Å². The quantitative estimate of drug-likeness (QED) is 0.0982. The average Bonchev–Trinajstić information content (AvgIpc) is 3.33. The Hall–Kier alpha value is -8.74. The molecule has 64 heavy (non-hydrogen) atoms. The van der Waals surface area contributed by atoms with Gasteiger partial charge in [-0.1, -0.05) is 121 Å². The Kier molecular flexibility index (Phi) is 5.93. The number of rotatable bonds is 6. The number of hydrogen-bond donors (Lipinski definition) is 2. The molecule has 0 amide bonds. The fourth-order valence-electron chi connectivity index (χ4n) is 12.0. The molecule has 0 heterocycles. The van der Waals surface area contributed by atoms with Gasteiger partial charge in [-0.3, -0.25) is 9.59 Å². The molecule has 6 heteroatoms.